The summed E-state index contributed by atoms with van der Waals surface area (Å²) in [5.74, 6) is 0.374. The Morgan fingerprint density at radius 3 is 1.89 bits per heavy atom. The molecular formula is C15H28ClNaO2. The molecule has 19 heavy (non-hydrogen) atoms. The van der Waals surface area contributed by atoms with Gasteiger partial charge in [0.05, 0.1) is 11.3 Å². The average molecular weight is 299 g/mol. The molecule has 0 saturated carbocycles. The second kappa shape index (κ2) is 12.5. The van der Waals surface area contributed by atoms with Crippen LogP contribution in [0.1, 0.15) is 66.2 Å². The maximum absolute atomic E-state index is 10.6. The van der Waals surface area contributed by atoms with Gasteiger partial charge in [-0.15, -0.1) is 11.6 Å². The molecule has 4 heteroatoms. The zero-order valence-electron chi connectivity index (χ0n) is 13.2. The predicted molar refractivity (Wildman–Crippen MR) is 75.5 cm³/mol. The molecule has 108 valence electrons. The molecule has 0 aromatic heterocycles. The summed E-state index contributed by atoms with van der Waals surface area (Å²) in [7, 11) is 0. The molecule has 0 aromatic carbocycles. The molecular weight excluding hydrogens is 271 g/mol. The molecule has 0 rings (SSSR count). The van der Waals surface area contributed by atoms with Crippen LogP contribution in [-0.2, 0) is 4.79 Å². The minimum atomic E-state index is -1.14. The normalized spacial score (nSPS) is 15.7. The zero-order chi connectivity index (χ0) is 14.1. The second-order valence-electron chi connectivity index (χ2n) is 6.06. The van der Waals surface area contributed by atoms with Crippen LogP contribution < -0.4 is 34.7 Å². The topological polar surface area (TPSA) is 40.1 Å². The van der Waals surface area contributed by atoms with E-state index in [2.05, 4.69) is 20.8 Å². The number of hydrogen-bond acceptors (Lipinski definition) is 2. The van der Waals surface area contributed by atoms with Crippen molar-refractivity contribution in [2.45, 2.75) is 71.6 Å². The van der Waals surface area contributed by atoms with Gasteiger partial charge in [0.25, 0.3) is 0 Å². The molecule has 0 heterocycles. The molecule has 0 spiro atoms. The van der Waals surface area contributed by atoms with Crippen LogP contribution in [0.4, 0.5) is 0 Å². The van der Waals surface area contributed by atoms with Gasteiger partial charge in [-0.3, -0.25) is 0 Å². The third-order valence-corrected chi connectivity index (χ3v) is 4.17. The molecule has 0 aliphatic carbocycles. The molecule has 0 radical (unpaired) electrons. The molecule has 3 atom stereocenters. The fourth-order valence-electron chi connectivity index (χ4n) is 2.19. The van der Waals surface area contributed by atoms with Crippen molar-refractivity contribution in [1.82, 2.24) is 0 Å². The van der Waals surface area contributed by atoms with Crippen molar-refractivity contribution in [3.63, 3.8) is 0 Å². The third-order valence-electron chi connectivity index (χ3n) is 3.56. The first-order chi connectivity index (χ1) is 8.34. The van der Waals surface area contributed by atoms with Crippen molar-refractivity contribution in [2.75, 3.05) is 0 Å². The summed E-state index contributed by atoms with van der Waals surface area (Å²) in [5, 5.41) is 9.75. The molecule has 2 nitrogen and oxygen atoms in total. The maximum Gasteiger partial charge on any atom is 1.00 e. The number of hydrogen-bond donors (Lipinski definition) is 0. The second-order valence-corrected chi connectivity index (χ2v) is 6.53. The van der Waals surface area contributed by atoms with Gasteiger partial charge in [-0.2, -0.15) is 0 Å². The van der Waals surface area contributed by atoms with Crippen LogP contribution in [-0.4, -0.2) is 11.3 Å². The molecule has 0 fully saturated rings. The Morgan fingerprint density at radius 1 is 1.00 bits per heavy atom. The predicted octanol–water partition coefficient (Wildman–Crippen LogP) is 0.617. The van der Waals surface area contributed by atoms with Crippen LogP contribution in [0.3, 0.4) is 0 Å². The average Bonchev–Trinajstić information content (AvgIpc) is 2.27. The van der Waals surface area contributed by atoms with Crippen LogP contribution in [0.15, 0.2) is 0 Å². The summed E-state index contributed by atoms with van der Waals surface area (Å²) in [6.07, 6.45) is 6.97. The van der Waals surface area contributed by atoms with E-state index in [4.69, 9.17) is 11.6 Å². The number of halogens is 1. The Bertz CT molecular complexity index is 234. The van der Waals surface area contributed by atoms with Crippen LogP contribution in [0, 0.1) is 17.8 Å². The Balaban J connectivity index is 0. The molecule has 0 saturated heterocycles. The summed E-state index contributed by atoms with van der Waals surface area (Å²) >= 11 is 5.74. The first-order valence-corrected chi connectivity index (χ1v) is 7.63. The third kappa shape index (κ3) is 12.2. The van der Waals surface area contributed by atoms with E-state index in [0.29, 0.717) is 0 Å². The Kier molecular flexibility index (Phi) is 14.5. The fourth-order valence-corrected chi connectivity index (χ4v) is 2.31. The first-order valence-electron chi connectivity index (χ1n) is 7.19. The molecule has 0 bridgehead atoms. The zero-order valence-corrected chi connectivity index (χ0v) is 16.0. The van der Waals surface area contributed by atoms with E-state index in [1.54, 1.807) is 0 Å². The molecule has 3 unspecified atom stereocenters. The summed E-state index contributed by atoms with van der Waals surface area (Å²) in [4.78, 5) is 10.6. The van der Waals surface area contributed by atoms with E-state index < -0.39 is 11.3 Å². The van der Waals surface area contributed by atoms with Crippen LogP contribution >= 0.6 is 11.6 Å². The van der Waals surface area contributed by atoms with Gasteiger partial charge in [0.2, 0.25) is 0 Å². The number of carboxylic acid groups (broad SMARTS) is 1. The smallest absolute Gasteiger partial charge is 0.549 e. The van der Waals surface area contributed by atoms with E-state index in [9.17, 15) is 9.90 Å². The molecule has 0 aliphatic rings. The molecule has 0 amide bonds. The van der Waals surface area contributed by atoms with Crippen LogP contribution in [0.5, 0.6) is 0 Å². The summed E-state index contributed by atoms with van der Waals surface area (Å²) < 4.78 is 0. The monoisotopic (exact) mass is 298 g/mol. The summed E-state index contributed by atoms with van der Waals surface area (Å²) in [5.41, 5.74) is 0. The van der Waals surface area contributed by atoms with Crippen molar-refractivity contribution in [3.05, 3.63) is 0 Å². The van der Waals surface area contributed by atoms with Crippen LogP contribution in [0.25, 0.3) is 0 Å². The van der Waals surface area contributed by atoms with E-state index in [1.165, 1.54) is 25.7 Å². The number of carbonyl (C=O) groups is 1. The van der Waals surface area contributed by atoms with Gasteiger partial charge in [0.15, 0.2) is 0 Å². The maximum atomic E-state index is 10.6. The summed E-state index contributed by atoms with van der Waals surface area (Å²) in [6, 6.07) is 0. The van der Waals surface area contributed by atoms with E-state index in [0.717, 1.165) is 24.7 Å². The van der Waals surface area contributed by atoms with Crippen molar-refractivity contribution >= 4 is 17.6 Å². The Hall–Kier alpha value is 0.760. The molecule has 0 aromatic rings. The van der Waals surface area contributed by atoms with Crippen molar-refractivity contribution in [2.24, 2.45) is 17.8 Å². The minimum Gasteiger partial charge on any atom is -0.549 e. The van der Waals surface area contributed by atoms with Gasteiger partial charge in [0.1, 0.15) is 0 Å². The standard InChI is InChI=1S/C15H29ClO2.Na/c1-11(2)7-5-8-12(3)9-6-10-13(4)14(16)15(17)18;/h11-14H,5-10H2,1-4H3,(H,17,18);/q;+1/p-1. The largest absolute Gasteiger partial charge is 1.00 e. The Morgan fingerprint density at radius 2 is 1.47 bits per heavy atom. The van der Waals surface area contributed by atoms with Gasteiger partial charge < -0.3 is 9.90 Å². The minimum absolute atomic E-state index is 0. The molecule has 0 aliphatic heterocycles. The summed E-state index contributed by atoms with van der Waals surface area (Å²) in [6.45, 7) is 8.68. The van der Waals surface area contributed by atoms with Gasteiger partial charge in [-0.05, 0) is 24.2 Å². The number of carbonyl (C=O) groups excluding carboxylic acids is 1. The number of aliphatic carboxylic acids is 1. The van der Waals surface area contributed by atoms with E-state index in [-0.39, 0.29) is 35.5 Å². The van der Waals surface area contributed by atoms with E-state index >= 15 is 0 Å². The first kappa shape index (κ1) is 22.0. The number of alkyl halides is 1. The fraction of sp³-hybridized carbons (Fsp3) is 0.933. The van der Waals surface area contributed by atoms with Gasteiger partial charge in [0, 0.05) is 0 Å². The van der Waals surface area contributed by atoms with Gasteiger partial charge in [-0.25, -0.2) is 0 Å². The quantitative estimate of drug-likeness (QED) is 0.438. The Labute approximate surface area is 146 Å². The molecule has 0 N–H and O–H groups in total. The van der Waals surface area contributed by atoms with Gasteiger partial charge in [-0.1, -0.05) is 59.8 Å². The van der Waals surface area contributed by atoms with Crippen LogP contribution in [0.2, 0.25) is 0 Å². The van der Waals surface area contributed by atoms with Crippen molar-refractivity contribution in [3.8, 4) is 0 Å². The number of carboxylic acids is 1. The van der Waals surface area contributed by atoms with Gasteiger partial charge >= 0.3 is 29.6 Å². The van der Waals surface area contributed by atoms with E-state index in [1.807, 2.05) is 6.92 Å². The van der Waals surface area contributed by atoms with Crippen molar-refractivity contribution in [1.29, 1.82) is 0 Å². The number of rotatable bonds is 10. The SMILES string of the molecule is CC(C)CCCC(C)CCCC(C)C(Cl)C(=O)[O-].[Na+]. The van der Waals surface area contributed by atoms with Crippen molar-refractivity contribution < 1.29 is 39.5 Å².